The maximum atomic E-state index is 13.1. The molecule has 2 heterocycles. The zero-order chi connectivity index (χ0) is 33.8. The smallest absolute Gasteiger partial charge is 0.262 e. The first-order chi connectivity index (χ1) is 22.3. The Morgan fingerprint density at radius 2 is 1.62 bits per heavy atom. The zero-order valence-electron chi connectivity index (χ0n) is 28.2. The number of amides is 2. The summed E-state index contributed by atoms with van der Waals surface area (Å²) >= 11 is 1.36. The van der Waals surface area contributed by atoms with E-state index in [4.69, 9.17) is 0 Å². The molecule has 1 unspecified atom stereocenters. The van der Waals surface area contributed by atoms with E-state index in [9.17, 15) is 18.0 Å². The lowest BCUT2D eigenvalue weighted by molar-refractivity contribution is -0.121. The number of thiophene rings is 1. The van der Waals surface area contributed by atoms with Crippen molar-refractivity contribution in [2.75, 3.05) is 6.26 Å². The lowest BCUT2D eigenvalue weighted by atomic mass is 9.71. The molecule has 8 nitrogen and oxygen atoms in total. The van der Waals surface area contributed by atoms with Crippen LogP contribution in [0.1, 0.15) is 105 Å². The van der Waals surface area contributed by atoms with Crippen molar-refractivity contribution in [2.45, 2.75) is 96.9 Å². The minimum absolute atomic E-state index is 0.111. The summed E-state index contributed by atoms with van der Waals surface area (Å²) in [5.41, 5.74) is 3.88. The van der Waals surface area contributed by atoms with Crippen LogP contribution in [0, 0.1) is 17.8 Å². The lowest BCUT2D eigenvalue weighted by Crippen LogP contribution is -2.49. The normalized spacial score (nSPS) is 21.0. The van der Waals surface area contributed by atoms with Gasteiger partial charge in [0.15, 0.2) is 5.82 Å². The fraction of sp³-hybridized carbons (Fsp3) is 0.514. The summed E-state index contributed by atoms with van der Waals surface area (Å²) in [6.45, 7) is 8.51. The average molecular weight is 677 g/mol. The van der Waals surface area contributed by atoms with Crippen molar-refractivity contribution in [1.29, 1.82) is 0 Å². The molecular formula is C37H48N4O4S2. The van der Waals surface area contributed by atoms with Crippen LogP contribution in [-0.4, -0.2) is 42.5 Å². The van der Waals surface area contributed by atoms with Crippen molar-refractivity contribution in [3.63, 3.8) is 0 Å². The number of carbonyl (C=O) groups is 2. The first-order valence-electron chi connectivity index (χ1n) is 16.8. The molecule has 0 bridgehead atoms. The minimum atomic E-state index is -3.81. The summed E-state index contributed by atoms with van der Waals surface area (Å²) < 4.78 is 25.7. The highest BCUT2D eigenvalue weighted by Gasteiger charge is 2.29. The van der Waals surface area contributed by atoms with E-state index in [1.54, 1.807) is 6.07 Å². The molecule has 2 aromatic heterocycles. The van der Waals surface area contributed by atoms with E-state index in [1.807, 2.05) is 47.4 Å². The molecule has 2 aliphatic carbocycles. The van der Waals surface area contributed by atoms with Gasteiger partial charge in [-0.05, 0) is 78.5 Å². The second-order valence-corrected chi connectivity index (χ2v) is 17.2. The van der Waals surface area contributed by atoms with Crippen molar-refractivity contribution in [2.24, 2.45) is 17.8 Å². The molecular weight excluding hydrogens is 629 g/mol. The summed E-state index contributed by atoms with van der Waals surface area (Å²) in [5, 5.41) is 2.74. The van der Waals surface area contributed by atoms with Gasteiger partial charge in [0.1, 0.15) is 6.04 Å². The van der Waals surface area contributed by atoms with Crippen molar-refractivity contribution in [1.82, 2.24) is 20.0 Å². The van der Waals surface area contributed by atoms with Gasteiger partial charge in [-0.1, -0.05) is 77.3 Å². The molecule has 5 rings (SSSR count). The Labute approximate surface area is 284 Å². The SMILES string of the molecule is CCC1CCC(C2CC=C(c3cnc(-c4ccc(C[C@H](NC(=O)c5ccc(C(C)(C)C)s5)C(=O)NS(C)(=O)=O)cc4)nc3)CC2)CC1. The Balaban J connectivity index is 1.22. The number of hydrogen-bond donors (Lipinski definition) is 2. The van der Waals surface area contributed by atoms with E-state index < -0.39 is 27.9 Å². The van der Waals surface area contributed by atoms with Gasteiger partial charge in [-0.15, -0.1) is 11.3 Å². The Morgan fingerprint density at radius 3 is 2.17 bits per heavy atom. The molecule has 47 heavy (non-hydrogen) atoms. The monoisotopic (exact) mass is 676 g/mol. The third-order valence-electron chi connectivity index (χ3n) is 9.74. The van der Waals surface area contributed by atoms with Crippen molar-refractivity contribution in [3.8, 4) is 11.4 Å². The van der Waals surface area contributed by atoms with Gasteiger partial charge in [-0.3, -0.25) is 14.3 Å². The number of nitrogens with one attached hydrogen (secondary N) is 2. The highest BCUT2D eigenvalue weighted by atomic mass is 32.2. The first-order valence-corrected chi connectivity index (χ1v) is 19.5. The van der Waals surface area contributed by atoms with Crippen molar-refractivity contribution < 1.29 is 18.0 Å². The highest BCUT2D eigenvalue weighted by molar-refractivity contribution is 7.89. The first kappa shape index (κ1) is 35.0. The van der Waals surface area contributed by atoms with Crippen LogP contribution in [0.3, 0.4) is 0 Å². The second kappa shape index (κ2) is 14.8. The average Bonchev–Trinajstić information content (AvgIpc) is 3.56. The van der Waals surface area contributed by atoms with Gasteiger partial charge in [0, 0.05) is 34.8 Å². The molecule has 3 aromatic rings. The Kier molecular flexibility index (Phi) is 11.0. The summed E-state index contributed by atoms with van der Waals surface area (Å²) in [6.07, 6.45) is 17.6. The van der Waals surface area contributed by atoms with E-state index in [0.717, 1.165) is 58.4 Å². The second-order valence-electron chi connectivity index (χ2n) is 14.3. The Bertz CT molecular complexity index is 1680. The van der Waals surface area contributed by atoms with Crippen LogP contribution in [0.25, 0.3) is 17.0 Å². The molecule has 1 aromatic carbocycles. The Morgan fingerprint density at radius 1 is 0.936 bits per heavy atom. The number of nitrogens with zero attached hydrogens (tertiary/aromatic N) is 2. The molecule has 252 valence electrons. The molecule has 1 saturated carbocycles. The largest absolute Gasteiger partial charge is 0.339 e. The summed E-state index contributed by atoms with van der Waals surface area (Å²) in [7, 11) is -3.81. The number of sulfonamides is 1. The minimum Gasteiger partial charge on any atom is -0.339 e. The molecule has 2 N–H and O–H groups in total. The summed E-state index contributed by atoms with van der Waals surface area (Å²) in [4.78, 5) is 36.9. The number of carbonyl (C=O) groups excluding carboxylic acids is 2. The quantitative estimate of drug-likeness (QED) is 0.232. The van der Waals surface area contributed by atoms with Crippen LogP contribution >= 0.6 is 11.3 Å². The molecule has 0 radical (unpaired) electrons. The van der Waals surface area contributed by atoms with E-state index in [-0.39, 0.29) is 11.8 Å². The standard InChI is InChI=1S/C37H48N4O4S2/c1-6-24-7-11-26(12-8-24)27-15-17-28(18-16-27)30-22-38-34(39-23-30)29-13-9-25(10-14-29)21-31(35(42)41-47(5,44)45)40-36(43)32-19-20-33(46-32)37(2,3)4/h9-10,13-14,17,19-20,22-24,26-27,31H,6-8,11-12,15-16,18,21H2,1-5H3,(H,40,43)(H,41,42)/t24?,26?,27?,31-/m0/s1. The van der Waals surface area contributed by atoms with E-state index in [2.05, 4.69) is 49.1 Å². The molecule has 0 saturated heterocycles. The van der Waals surface area contributed by atoms with Crippen LogP contribution < -0.4 is 10.0 Å². The Hall–Kier alpha value is -3.37. The predicted octanol–water partition coefficient (Wildman–Crippen LogP) is 7.32. The van der Waals surface area contributed by atoms with Gasteiger partial charge in [-0.2, -0.15) is 0 Å². The molecule has 2 amide bonds. The third-order valence-corrected chi connectivity index (χ3v) is 11.8. The van der Waals surface area contributed by atoms with E-state index in [0.29, 0.717) is 10.7 Å². The topological polar surface area (TPSA) is 118 Å². The summed E-state index contributed by atoms with van der Waals surface area (Å²) in [5.74, 6) is 2.01. The van der Waals surface area contributed by atoms with Gasteiger partial charge < -0.3 is 5.32 Å². The summed E-state index contributed by atoms with van der Waals surface area (Å²) in [6, 6.07) is 9.99. The number of benzene rings is 1. The number of hydrogen-bond acceptors (Lipinski definition) is 7. The van der Waals surface area contributed by atoms with Crippen LogP contribution in [-0.2, 0) is 26.7 Å². The fourth-order valence-corrected chi connectivity index (χ4v) is 8.31. The van der Waals surface area contributed by atoms with Crippen LogP contribution in [0.15, 0.2) is 54.9 Å². The molecule has 10 heteroatoms. The van der Waals surface area contributed by atoms with Crippen molar-refractivity contribution in [3.05, 3.63) is 75.7 Å². The maximum absolute atomic E-state index is 13.1. The van der Waals surface area contributed by atoms with Crippen molar-refractivity contribution >= 4 is 38.7 Å². The lowest BCUT2D eigenvalue weighted by Gasteiger charge is -2.35. The molecule has 0 aliphatic heterocycles. The van der Waals surface area contributed by atoms with Gasteiger partial charge in [0.25, 0.3) is 11.8 Å². The highest BCUT2D eigenvalue weighted by Crippen LogP contribution is 2.41. The van der Waals surface area contributed by atoms with Crippen LogP contribution in [0.2, 0.25) is 0 Å². The molecule has 2 aliphatic rings. The zero-order valence-corrected chi connectivity index (χ0v) is 29.8. The molecule has 1 fully saturated rings. The van der Waals surface area contributed by atoms with E-state index >= 15 is 0 Å². The van der Waals surface area contributed by atoms with E-state index in [1.165, 1.54) is 55.4 Å². The van der Waals surface area contributed by atoms with Gasteiger partial charge in [-0.25, -0.2) is 18.4 Å². The van der Waals surface area contributed by atoms with Gasteiger partial charge >= 0.3 is 0 Å². The number of rotatable bonds is 10. The number of aromatic nitrogens is 2. The van der Waals surface area contributed by atoms with Crippen LogP contribution in [0.4, 0.5) is 0 Å². The fourth-order valence-electron chi connectivity index (χ4n) is 6.84. The third kappa shape index (κ3) is 9.38. The van der Waals surface area contributed by atoms with Gasteiger partial charge in [0.05, 0.1) is 11.1 Å². The predicted molar refractivity (Wildman–Crippen MR) is 189 cm³/mol. The maximum Gasteiger partial charge on any atom is 0.262 e. The molecule has 2 atom stereocenters. The van der Waals surface area contributed by atoms with Crippen LogP contribution in [0.5, 0.6) is 0 Å². The molecule has 0 spiro atoms. The number of allylic oxidation sites excluding steroid dienone is 2. The van der Waals surface area contributed by atoms with Gasteiger partial charge in [0.2, 0.25) is 10.0 Å².